The fourth-order valence-electron chi connectivity index (χ4n) is 1.85. The molecule has 1 heterocycles. The first kappa shape index (κ1) is 15.9. The van der Waals surface area contributed by atoms with E-state index < -0.39 is 35.0 Å². The van der Waals surface area contributed by atoms with E-state index in [1.54, 1.807) is 0 Å². The summed E-state index contributed by atoms with van der Waals surface area (Å²) in [5.74, 6) is -0.721. The largest absolute Gasteiger partial charge is 0.573 e. The van der Waals surface area contributed by atoms with Crippen LogP contribution in [-0.4, -0.2) is 11.3 Å². The van der Waals surface area contributed by atoms with Crippen molar-refractivity contribution in [3.05, 3.63) is 52.4 Å². The van der Waals surface area contributed by atoms with E-state index in [0.717, 1.165) is 24.4 Å². The number of aromatic nitrogens is 1. The number of rotatable bonds is 2. The van der Waals surface area contributed by atoms with Crippen LogP contribution in [0, 0.1) is 0 Å². The number of aromatic amines is 1. The first-order valence-corrected chi connectivity index (χ1v) is 5.73. The lowest BCUT2D eigenvalue weighted by Crippen LogP contribution is -2.18. The summed E-state index contributed by atoms with van der Waals surface area (Å²) in [5, 5.41) is 0. The Labute approximate surface area is 119 Å². The minimum atomic E-state index is -4.99. The van der Waals surface area contributed by atoms with E-state index >= 15 is 0 Å². The van der Waals surface area contributed by atoms with Gasteiger partial charge in [0.15, 0.2) is 0 Å². The Morgan fingerprint density at radius 3 is 2.27 bits per heavy atom. The van der Waals surface area contributed by atoms with Crippen molar-refractivity contribution in [3.63, 3.8) is 0 Å². The summed E-state index contributed by atoms with van der Waals surface area (Å²) in [5.41, 5.74) is -3.43. The Morgan fingerprint density at radius 2 is 1.68 bits per heavy atom. The number of alkyl halides is 6. The van der Waals surface area contributed by atoms with Gasteiger partial charge in [-0.3, -0.25) is 4.79 Å². The number of pyridine rings is 1. The lowest BCUT2D eigenvalue weighted by atomic mass is 10.0. The number of benzene rings is 1. The van der Waals surface area contributed by atoms with E-state index in [1.165, 1.54) is 0 Å². The normalized spacial score (nSPS) is 12.3. The maximum Gasteiger partial charge on any atom is 0.573 e. The third kappa shape index (κ3) is 3.60. The molecule has 118 valence electrons. The van der Waals surface area contributed by atoms with Crippen LogP contribution in [0.1, 0.15) is 5.56 Å². The van der Waals surface area contributed by atoms with Crippen LogP contribution in [-0.2, 0) is 6.18 Å². The molecule has 3 nitrogen and oxygen atoms in total. The van der Waals surface area contributed by atoms with Crippen molar-refractivity contribution in [2.24, 2.45) is 0 Å². The maximum absolute atomic E-state index is 12.9. The molecule has 0 aliphatic carbocycles. The molecule has 0 unspecified atom stereocenters. The lowest BCUT2D eigenvalue weighted by Gasteiger charge is -2.13. The average Bonchev–Trinajstić information content (AvgIpc) is 2.35. The molecular formula is C13H7F6NO2. The maximum atomic E-state index is 12.9. The summed E-state index contributed by atoms with van der Waals surface area (Å²) < 4.78 is 78.9. The van der Waals surface area contributed by atoms with Crippen LogP contribution in [0.25, 0.3) is 11.1 Å². The van der Waals surface area contributed by atoms with Gasteiger partial charge < -0.3 is 9.72 Å². The summed E-state index contributed by atoms with van der Waals surface area (Å²) in [7, 11) is 0. The molecule has 0 saturated carbocycles. The fourth-order valence-corrected chi connectivity index (χ4v) is 1.85. The Morgan fingerprint density at radius 1 is 1.00 bits per heavy atom. The molecule has 0 fully saturated rings. The van der Waals surface area contributed by atoms with Gasteiger partial charge in [-0.2, -0.15) is 13.2 Å². The van der Waals surface area contributed by atoms with Crippen LogP contribution in [0.5, 0.6) is 5.75 Å². The average molecular weight is 323 g/mol. The summed E-state index contributed by atoms with van der Waals surface area (Å²) >= 11 is 0. The fraction of sp³-hybridized carbons (Fsp3) is 0.154. The van der Waals surface area contributed by atoms with Crippen LogP contribution < -0.4 is 10.3 Å². The van der Waals surface area contributed by atoms with Gasteiger partial charge in [-0.15, -0.1) is 13.2 Å². The molecule has 9 heteroatoms. The zero-order valence-electron chi connectivity index (χ0n) is 10.5. The van der Waals surface area contributed by atoms with E-state index in [-0.39, 0.29) is 5.56 Å². The van der Waals surface area contributed by atoms with Gasteiger partial charge in [-0.05, 0) is 23.8 Å². The Hall–Kier alpha value is -2.45. The molecule has 0 aliphatic rings. The van der Waals surface area contributed by atoms with Crippen molar-refractivity contribution in [2.45, 2.75) is 12.5 Å². The van der Waals surface area contributed by atoms with Crippen molar-refractivity contribution in [1.82, 2.24) is 4.98 Å². The molecule has 0 saturated heterocycles. The van der Waals surface area contributed by atoms with Gasteiger partial charge in [-0.1, -0.05) is 12.1 Å². The van der Waals surface area contributed by atoms with Crippen LogP contribution in [0.3, 0.4) is 0 Å². The van der Waals surface area contributed by atoms with Gasteiger partial charge in [0.05, 0.1) is 11.1 Å². The van der Waals surface area contributed by atoms with Gasteiger partial charge in [0.2, 0.25) is 0 Å². The second-order valence-corrected chi connectivity index (χ2v) is 4.17. The van der Waals surface area contributed by atoms with Gasteiger partial charge in [-0.25, -0.2) is 0 Å². The van der Waals surface area contributed by atoms with Gasteiger partial charge >= 0.3 is 12.5 Å². The van der Waals surface area contributed by atoms with Crippen molar-refractivity contribution >= 4 is 0 Å². The zero-order valence-corrected chi connectivity index (χ0v) is 10.5. The molecule has 22 heavy (non-hydrogen) atoms. The molecule has 2 aromatic rings. The first-order valence-electron chi connectivity index (χ1n) is 5.73. The highest BCUT2D eigenvalue weighted by atomic mass is 19.4. The highest BCUT2D eigenvalue weighted by Gasteiger charge is 2.35. The van der Waals surface area contributed by atoms with Crippen molar-refractivity contribution in [2.75, 3.05) is 0 Å². The van der Waals surface area contributed by atoms with Crippen molar-refractivity contribution < 1.29 is 31.1 Å². The predicted molar refractivity (Wildman–Crippen MR) is 64.2 cm³/mol. The molecule has 1 N–H and O–H groups in total. The number of hydrogen-bond acceptors (Lipinski definition) is 2. The highest BCUT2D eigenvalue weighted by molar-refractivity contribution is 5.68. The molecule has 0 aliphatic heterocycles. The Kier molecular flexibility index (Phi) is 3.90. The molecule has 0 radical (unpaired) electrons. The number of ether oxygens (including phenoxy) is 1. The second kappa shape index (κ2) is 5.39. The molecule has 0 bridgehead atoms. The van der Waals surface area contributed by atoms with Crippen LogP contribution in [0.15, 0.2) is 41.3 Å². The topological polar surface area (TPSA) is 42.1 Å². The molecule has 0 atom stereocenters. The summed E-state index contributed by atoms with van der Waals surface area (Å²) in [4.78, 5) is 13.7. The van der Waals surface area contributed by atoms with Crippen LogP contribution in [0.4, 0.5) is 26.3 Å². The van der Waals surface area contributed by atoms with Crippen molar-refractivity contribution in [1.29, 1.82) is 0 Å². The predicted octanol–water partition coefficient (Wildman–Crippen LogP) is 3.96. The van der Waals surface area contributed by atoms with Gasteiger partial charge in [0, 0.05) is 6.20 Å². The third-order valence-electron chi connectivity index (χ3n) is 2.62. The van der Waals surface area contributed by atoms with E-state index in [9.17, 15) is 31.1 Å². The van der Waals surface area contributed by atoms with Crippen molar-refractivity contribution in [3.8, 4) is 16.9 Å². The molecule has 0 amide bonds. The van der Waals surface area contributed by atoms with E-state index in [4.69, 9.17) is 0 Å². The smallest absolute Gasteiger partial charge is 0.406 e. The molecule has 1 aromatic heterocycles. The Bertz CT molecular complexity index is 732. The Balaban J connectivity index is 2.58. The molecule has 0 spiro atoms. The summed E-state index contributed by atoms with van der Waals surface area (Å²) in [6, 6.07) is 4.41. The number of nitrogens with one attached hydrogen (secondary N) is 1. The third-order valence-corrected chi connectivity index (χ3v) is 2.62. The molecular weight excluding hydrogens is 316 g/mol. The van der Waals surface area contributed by atoms with Crippen LogP contribution >= 0.6 is 0 Å². The highest BCUT2D eigenvalue weighted by Crippen LogP contribution is 2.36. The number of hydrogen-bond donors (Lipinski definition) is 1. The minimum absolute atomic E-state index is 0.337. The number of H-pyrrole nitrogens is 1. The SMILES string of the molecule is O=c1[nH]ccc(C(F)(F)F)c1-c1cccc(OC(F)(F)F)c1. The van der Waals surface area contributed by atoms with Crippen LogP contribution in [0.2, 0.25) is 0 Å². The quantitative estimate of drug-likeness (QED) is 0.850. The summed E-state index contributed by atoms with van der Waals surface area (Å²) in [6.07, 6.45) is -9.01. The van der Waals surface area contributed by atoms with Gasteiger partial charge in [0.25, 0.3) is 5.56 Å². The standard InChI is InChI=1S/C13H7F6NO2/c14-12(15,16)9-4-5-20-11(21)10(9)7-2-1-3-8(6-7)22-13(17,18)19/h1-6H,(H,20,21). The van der Waals surface area contributed by atoms with E-state index in [2.05, 4.69) is 9.72 Å². The van der Waals surface area contributed by atoms with E-state index in [1.807, 2.05) is 0 Å². The minimum Gasteiger partial charge on any atom is -0.406 e. The lowest BCUT2D eigenvalue weighted by molar-refractivity contribution is -0.274. The first-order chi connectivity index (χ1) is 10.1. The monoisotopic (exact) mass is 323 g/mol. The molecule has 1 aromatic carbocycles. The van der Waals surface area contributed by atoms with E-state index in [0.29, 0.717) is 12.1 Å². The second-order valence-electron chi connectivity index (χ2n) is 4.17. The summed E-state index contributed by atoms with van der Waals surface area (Å²) in [6.45, 7) is 0. The zero-order chi connectivity index (χ0) is 16.5. The molecule has 2 rings (SSSR count). The number of halogens is 6. The van der Waals surface area contributed by atoms with Gasteiger partial charge in [0.1, 0.15) is 5.75 Å².